The van der Waals surface area contributed by atoms with Crippen molar-refractivity contribution in [1.82, 2.24) is 0 Å². The number of hydrogen-bond acceptors (Lipinski definition) is 3. The summed E-state index contributed by atoms with van der Waals surface area (Å²) in [4.78, 5) is 0. The second-order valence-electron chi connectivity index (χ2n) is 3.93. The normalized spacial score (nSPS) is 11.5. The minimum absolute atomic E-state index is 0.0407. The van der Waals surface area contributed by atoms with Crippen LogP contribution in [-0.2, 0) is 15.2 Å². The van der Waals surface area contributed by atoms with E-state index in [1.807, 2.05) is 6.92 Å². The molecule has 0 saturated heterocycles. The van der Waals surface area contributed by atoms with E-state index in [1.165, 1.54) is 12.1 Å². The first-order chi connectivity index (χ1) is 8.46. The molecule has 102 valence electrons. The van der Waals surface area contributed by atoms with Gasteiger partial charge in [0.25, 0.3) is 0 Å². The second-order valence-corrected chi connectivity index (χ2v) is 6.79. The highest BCUT2D eigenvalue weighted by Crippen LogP contribution is 2.18. The zero-order chi connectivity index (χ0) is 13.6. The fourth-order valence-corrected chi connectivity index (χ4v) is 2.97. The van der Waals surface area contributed by atoms with Crippen LogP contribution in [0.3, 0.4) is 0 Å². The van der Waals surface area contributed by atoms with Crippen molar-refractivity contribution in [2.75, 3.05) is 18.1 Å². The van der Waals surface area contributed by atoms with Gasteiger partial charge in [-0.05, 0) is 24.1 Å². The van der Waals surface area contributed by atoms with Gasteiger partial charge in [-0.25, -0.2) is 12.8 Å². The monoisotopic (exact) mass is 338 g/mol. The van der Waals surface area contributed by atoms with Gasteiger partial charge < -0.3 is 4.74 Å². The van der Waals surface area contributed by atoms with Crippen molar-refractivity contribution < 1.29 is 17.5 Å². The largest absolute Gasteiger partial charge is 0.492 e. The van der Waals surface area contributed by atoms with Gasteiger partial charge in [0.1, 0.15) is 18.2 Å². The quantitative estimate of drug-likeness (QED) is 0.718. The highest BCUT2D eigenvalue weighted by molar-refractivity contribution is 9.08. The number of ether oxygens (including phenoxy) is 1. The summed E-state index contributed by atoms with van der Waals surface area (Å²) in [6.07, 6.45) is 0.593. The summed E-state index contributed by atoms with van der Waals surface area (Å²) in [5.41, 5.74) is 0.751. The number of rotatable bonds is 7. The van der Waals surface area contributed by atoms with Crippen molar-refractivity contribution in [2.45, 2.75) is 18.7 Å². The van der Waals surface area contributed by atoms with Crippen molar-refractivity contribution in [3.8, 4) is 5.75 Å². The summed E-state index contributed by atoms with van der Waals surface area (Å²) in [6, 6.07) is 4.33. The van der Waals surface area contributed by atoms with Crippen LogP contribution < -0.4 is 4.74 Å². The molecule has 0 bridgehead atoms. The average molecular weight is 339 g/mol. The molecular weight excluding hydrogens is 323 g/mol. The van der Waals surface area contributed by atoms with Crippen LogP contribution in [0, 0.1) is 5.82 Å². The predicted octanol–water partition coefficient (Wildman–Crippen LogP) is 2.92. The van der Waals surface area contributed by atoms with Crippen LogP contribution in [0.2, 0.25) is 0 Å². The third-order valence-corrected chi connectivity index (χ3v) is 4.73. The Kier molecular flexibility index (Phi) is 6.08. The molecule has 1 aromatic rings. The van der Waals surface area contributed by atoms with Gasteiger partial charge in [0.05, 0.1) is 11.5 Å². The molecule has 0 heterocycles. The fraction of sp³-hybridized carbons (Fsp3) is 0.500. The standard InChI is InChI=1S/C12H16BrFO3S/c1-2-4-18(15,16)5-3-17-12-7-10(9-13)6-11(14)8-12/h6-8H,2-5,9H2,1H3. The average Bonchev–Trinajstić information content (AvgIpc) is 2.27. The summed E-state index contributed by atoms with van der Waals surface area (Å²) in [6.45, 7) is 1.86. The molecule has 0 atom stereocenters. The molecule has 0 N–H and O–H groups in total. The van der Waals surface area contributed by atoms with Crippen molar-refractivity contribution in [1.29, 1.82) is 0 Å². The molecule has 0 amide bonds. The zero-order valence-electron chi connectivity index (χ0n) is 10.2. The Balaban J connectivity index is 2.56. The third-order valence-electron chi connectivity index (χ3n) is 2.26. The van der Waals surface area contributed by atoms with E-state index in [0.29, 0.717) is 17.5 Å². The van der Waals surface area contributed by atoms with Crippen molar-refractivity contribution >= 4 is 25.8 Å². The lowest BCUT2D eigenvalue weighted by Crippen LogP contribution is -2.16. The molecule has 6 heteroatoms. The van der Waals surface area contributed by atoms with E-state index in [-0.39, 0.29) is 18.1 Å². The highest BCUT2D eigenvalue weighted by Gasteiger charge is 2.09. The van der Waals surface area contributed by atoms with Crippen LogP contribution in [0.25, 0.3) is 0 Å². The maximum absolute atomic E-state index is 13.2. The maximum Gasteiger partial charge on any atom is 0.153 e. The van der Waals surface area contributed by atoms with Gasteiger partial charge in [0.15, 0.2) is 9.84 Å². The van der Waals surface area contributed by atoms with E-state index < -0.39 is 15.7 Å². The number of alkyl halides is 1. The van der Waals surface area contributed by atoms with Crippen molar-refractivity contribution in [2.24, 2.45) is 0 Å². The molecule has 0 aliphatic carbocycles. The van der Waals surface area contributed by atoms with E-state index in [1.54, 1.807) is 6.07 Å². The molecule has 0 radical (unpaired) electrons. The molecule has 1 aromatic carbocycles. The molecular formula is C12H16BrFO3S. The number of benzene rings is 1. The van der Waals surface area contributed by atoms with Gasteiger partial charge in [-0.15, -0.1) is 0 Å². The zero-order valence-corrected chi connectivity index (χ0v) is 12.6. The molecule has 0 fully saturated rings. The van der Waals surface area contributed by atoms with Crippen LogP contribution in [0.1, 0.15) is 18.9 Å². The first kappa shape index (κ1) is 15.4. The Morgan fingerprint density at radius 1 is 1.28 bits per heavy atom. The molecule has 0 aromatic heterocycles. The highest BCUT2D eigenvalue weighted by atomic mass is 79.9. The summed E-state index contributed by atoms with van der Waals surface area (Å²) in [5.74, 6) is 0.0854. The molecule has 18 heavy (non-hydrogen) atoms. The predicted molar refractivity (Wildman–Crippen MR) is 73.5 cm³/mol. The van der Waals surface area contributed by atoms with Crippen molar-refractivity contribution in [3.05, 3.63) is 29.6 Å². The lowest BCUT2D eigenvalue weighted by atomic mass is 10.2. The minimum Gasteiger partial charge on any atom is -0.492 e. The first-order valence-corrected chi connectivity index (χ1v) is 8.60. The second kappa shape index (κ2) is 7.09. The van der Waals surface area contributed by atoms with Crippen LogP contribution in [0.4, 0.5) is 4.39 Å². The maximum atomic E-state index is 13.2. The molecule has 1 rings (SSSR count). The van der Waals surface area contributed by atoms with E-state index in [0.717, 1.165) is 5.56 Å². The number of hydrogen-bond donors (Lipinski definition) is 0. The first-order valence-electron chi connectivity index (χ1n) is 5.65. The van der Waals surface area contributed by atoms with Gasteiger partial charge in [-0.3, -0.25) is 0 Å². The Labute approximate surface area is 115 Å². The Bertz CT molecular complexity index is 488. The van der Waals surface area contributed by atoms with E-state index in [4.69, 9.17) is 4.74 Å². The van der Waals surface area contributed by atoms with E-state index in [2.05, 4.69) is 15.9 Å². The molecule has 3 nitrogen and oxygen atoms in total. The molecule has 0 aliphatic rings. The lowest BCUT2D eigenvalue weighted by molar-refractivity contribution is 0.338. The van der Waals surface area contributed by atoms with E-state index >= 15 is 0 Å². The minimum atomic E-state index is -3.06. The van der Waals surface area contributed by atoms with Crippen LogP contribution in [0.15, 0.2) is 18.2 Å². The molecule has 0 unspecified atom stereocenters. The number of sulfone groups is 1. The molecule has 0 aliphatic heterocycles. The smallest absolute Gasteiger partial charge is 0.153 e. The molecule has 0 spiro atoms. The van der Waals surface area contributed by atoms with E-state index in [9.17, 15) is 12.8 Å². The van der Waals surface area contributed by atoms with Crippen molar-refractivity contribution in [3.63, 3.8) is 0 Å². The molecule has 0 saturated carbocycles. The Morgan fingerprint density at radius 2 is 2.00 bits per heavy atom. The van der Waals surface area contributed by atoms with Gasteiger partial charge in [-0.2, -0.15) is 0 Å². The summed E-state index contributed by atoms with van der Waals surface area (Å²) >= 11 is 3.23. The third kappa shape index (κ3) is 5.35. The van der Waals surface area contributed by atoms with Crippen LogP contribution in [-0.4, -0.2) is 26.5 Å². The van der Waals surface area contributed by atoms with Crippen LogP contribution >= 0.6 is 15.9 Å². The fourth-order valence-electron chi connectivity index (χ4n) is 1.48. The van der Waals surface area contributed by atoms with Gasteiger partial charge in [-0.1, -0.05) is 22.9 Å². The topological polar surface area (TPSA) is 43.4 Å². The SMILES string of the molecule is CCCS(=O)(=O)CCOc1cc(F)cc(CBr)c1. The lowest BCUT2D eigenvalue weighted by Gasteiger charge is -2.08. The Morgan fingerprint density at radius 3 is 2.61 bits per heavy atom. The number of halogens is 2. The van der Waals surface area contributed by atoms with Gasteiger partial charge in [0.2, 0.25) is 0 Å². The Hall–Kier alpha value is -0.620. The van der Waals surface area contributed by atoms with Crippen LogP contribution in [0.5, 0.6) is 5.75 Å². The summed E-state index contributed by atoms with van der Waals surface area (Å²) in [5, 5.41) is 0.523. The van der Waals surface area contributed by atoms with Gasteiger partial charge >= 0.3 is 0 Å². The van der Waals surface area contributed by atoms with Gasteiger partial charge in [0, 0.05) is 11.4 Å². The summed E-state index contributed by atoms with van der Waals surface area (Å²) in [7, 11) is -3.06. The summed E-state index contributed by atoms with van der Waals surface area (Å²) < 4.78 is 41.3.